The number of hydrogen-bond acceptors (Lipinski definition) is 4. The number of aliphatic hydroxyl groups excluding tert-OH is 3. The zero-order valence-corrected chi connectivity index (χ0v) is 12.4. The number of unbranched alkanes of at least 4 members (excludes halogenated alkanes) is 2. The van der Waals surface area contributed by atoms with Crippen molar-refractivity contribution in [3.8, 4) is 0 Å². The molecular formula is C12H28O4Si. The number of aliphatic hydroxyl groups is 3. The average molecular weight is 264 g/mol. The smallest absolute Gasteiger partial charge is 0.100 e. The molecule has 0 fully saturated rings. The molecule has 0 radical (unpaired) electrons. The van der Waals surface area contributed by atoms with Crippen LogP contribution in [0.4, 0.5) is 0 Å². The first kappa shape index (κ1) is 17.1. The van der Waals surface area contributed by atoms with Crippen LogP contribution in [0, 0.1) is 0 Å². The summed E-state index contributed by atoms with van der Waals surface area (Å²) in [5, 5.41) is 27.4. The van der Waals surface area contributed by atoms with E-state index in [9.17, 15) is 5.11 Å². The van der Waals surface area contributed by atoms with E-state index in [2.05, 4.69) is 19.6 Å². The fraction of sp³-hybridized carbons (Fsp3) is 1.00. The lowest BCUT2D eigenvalue weighted by molar-refractivity contribution is 0.00518. The topological polar surface area (TPSA) is 69.9 Å². The van der Waals surface area contributed by atoms with Crippen molar-refractivity contribution in [2.24, 2.45) is 0 Å². The number of ether oxygens (including phenoxy) is 1. The second kappa shape index (κ2) is 9.05. The van der Waals surface area contributed by atoms with Gasteiger partial charge in [0.2, 0.25) is 0 Å². The normalized spacial score (nSPS) is 15.9. The van der Waals surface area contributed by atoms with Crippen molar-refractivity contribution >= 4 is 8.07 Å². The van der Waals surface area contributed by atoms with Gasteiger partial charge in [0.25, 0.3) is 0 Å². The van der Waals surface area contributed by atoms with Crippen LogP contribution < -0.4 is 0 Å². The Morgan fingerprint density at radius 3 is 2.24 bits per heavy atom. The van der Waals surface area contributed by atoms with Crippen LogP contribution in [0.25, 0.3) is 0 Å². The van der Waals surface area contributed by atoms with E-state index >= 15 is 0 Å². The van der Waals surface area contributed by atoms with E-state index in [-0.39, 0.29) is 18.9 Å². The third-order valence-electron chi connectivity index (χ3n) is 2.79. The lowest BCUT2D eigenvalue weighted by Crippen LogP contribution is -2.37. The molecule has 2 atom stereocenters. The molecule has 0 aliphatic heterocycles. The van der Waals surface area contributed by atoms with Crippen LogP contribution in [-0.2, 0) is 4.74 Å². The molecule has 0 heterocycles. The van der Waals surface area contributed by atoms with E-state index < -0.39 is 14.2 Å². The predicted molar refractivity (Wildman–Crippen MR) is 71.7 cm³/mol. The van der Waals surface area contributed by atoms with Gasteiger partial charge in [0.1, 0.15) is 6.10 Å². The van der Waals surface area contributed by atoms with Gasteiger partial charge < -0.3 is 20.1 Å². The van der Waals surface area contributed by atoms with Crippen molar-refractivity contribution < 1.29 is 20.1 Å². The molecule has 17 heavy (non-hydrogen) atoms. The number of rotatable bonds is 10. The minimum absolute atomic E-state index is 0.111. The van der Waals surface area contributed by atoms with Crippen LogP contribution in [0.2, 0.25) is 19.6 Å². The highest BCUT2D eigenvalue weighted by Gasteiger charge is 2.23. The summed E-state index contributed by atoms with van der Waals surface area (Å²) in [4.78, 5) is 0. The highest BCUT2D eigenvalue weighted by molar-refractivity contribution is 6.77. The Balaban J connectivity index is 3.30. The Morgan fingerprint density at radius 1 is 1.06 bits per heavy atom. The Kier molecular flexibility index (Phi) is 9.08. The van der Waals surface area contributed by atoms with Crippen LogP contribution in [0.1, 0.15) is 25.7 Å². The molecule has 104 valence electrons. The van der Waals surface area contributed by atoms with Gasteiger partial charge in [-0.15, -0.1) is 0 Å². The van der Waals surface area contributed by atoms with Crippen LogP contribution in [-0.4, -0.2) is 55.0 Å². The predicted octanol–water partition coefficient (Wildman–Crippen LogP) is 1.15. The lowest BCUT2D eigenvalue weighted by Gasteiger charge is -2.23. The molecule has 3 N–H and O–H groups in total. The molecule has 2 unspecified atom stereocenters. The molecule has 0 bridgehead atoms. The van der Waals surface area contributed by atoms with Crippen molar-refractivity contribution in [2.45, 2.75) is 57.2 Å². The summed E-state index contributed by atoms with van der Waals surface area (Å²) in [5.41, 5.74) is -0.111. The highest BCUT2D eigenvalue weighted by Crippen LogP contribution is 2.14. The fourth-order valence-corrected chi connectivity index (χ4v) is 2.49. The summed E-state index contributed by atoms with van der Waals surface area (Å²) >= 11 is 0. The fourth-order valence-electron chi connectivity index (χ4n) is 1.42. The van der Waals surface area contributed by atoms with Crippen LogP contribution in [0.5, 0.6) is 0 Å². The van der Waals surface area contributed by atoms with Crippen molar-refractivity contribution in [3.63, 3.8) is 0 Å². The molecule has 0 aromatic rings. The van der Waals surface area contributed by atoms with Crippen LogP contribution in [0.15, 0.2) is 0 Å². The summed E-state index contributed by atoms with van der Waals surface area (Å²) in [7, 11) is -1.39. The van der Waals surface area contributed by atoms with Crippen LogP contribution >= 0.6 is 0 Å². The second-order valence-electron chi connectivity index (χ2n) is 5.64. The Morgan fingerprint density at radius 2 is 1.71 bits per heavy atom. The SMILES string of the molecule is C[Si](C)(C)C(O)CCCCCOCC(O)CO. The summed E-state index contributed by atoms with van der Waals surface area (Å²) in [6, 6.07) is 0. The van der Waals surface area contributed by atoms with Crippen molar-refractivity contribution in [2.75, 3.05) is 19.8 Å². The summed E-state index contributed by atoms with van der Waals surface area (Å²) in [6.07, 6.45) is 3.13. The molecule has 5 heteroatoms. The Hall–Kier alpha value is 0.0569. The molecule has 0 amide bonds. The van der Waals surface area contributed by atoms with Gasteiger partial charge in [0.05, 0.1) is 21.3 Å². The third kappa shape index (κ3) is 9.73. The maximum absolute atomic E-state index is 9.86. The molecule has 0 aromatic carbocycles. The lowest BCUT2D eigenvalue weighted by atomic mass is 10.2. The quantitative estimate of drug-likeness (QED) is 0.409. The van der Waals surface area contributed by atoms with Gasteiger partial charge >= 0.3 is 0 Å². The van der Waals surface area contributed by atoms with Crippen molar-refractivity contribution in [1.82, 2.24) is 0 Å². The third-order valence-corrected chi connectivity index (χ3v) is 5.07. The van der Waals surface area contributed by atoms with Crippen molar-refractivity contribution in [3.05, 3.63) is 0 Å². The number of hydrogen-bond donors (Lipinski definition) is 3. The van der Waals surface area contributed by atoms with E-state index in [4.69, 9.17) is 14.9 Å². The van der Waals surface area contributed by atoms with E-state index in [1.165, 1.54) is 0 Å². The van der Waals surface area contributed by atoms with Gasteiger partial charge in [0.15, 0.2) is 0 Å². The van der Waals surface area contributed by atoms with Gasteiger partial charge in [-0.2, -0.15) is 0 Å². The highest BCUT2D eigenvalue weighted by atomic mass is 28.3. The largest absolute Gasteiger partial charge is 0.397 e. The zero-order valence-electron chi connectivity index (χ0n) is 11.4. The average Bonchev–Trinajstić information content (AvgIpc) is 2.25. The maximum atomic E-state index is 9.86. The first-order valence-electron chi connectivity index (χ1n) is 6.42. The molecule has 0 aliphatic rings. The molecule has 0 aliphatic carbocycles. The minimum Gasteiger partial charge on any atom is -0.397 e. The first-order valence-corrected chi connectivity index (χ1v) is 10.0. The monoisotopic (exact) mass is 264 g/mol. The van der Waals surface area contributed by atoms with E-state index in [1.807, 2.05) is 0 Å². The van der Waals surface area contributed by atoms with E-state index in [0.717, 1.165) is 25.7 Å². The Bertz CT molecular complexity index is 182. The molecular weight excluding hydrogens is 236 g/mol. The molecule has 0 aromatic heterocycles. The first-order chi connectivity index (χ1) is 7.88. The molecule has 0 saturated carbocycles. The molecule has 4 nitrogen and oxygen atoms in total. The van der Waals surface area contributed by atoms with Gasteiger partial charge in [-0.1, -0.05) is 32.5 Å². The zero-order chi connectivity index (χ0) is 13.3. The second-order valence-corrected chi connectivity index (χ2v) is 11.0. The standard InChI is InChI=1S/C12H28O4Si/c1-17(2,3)12(15)7-5-4-6-8-16-10-11(14)9-13/h11-15H,4-10H2,1-3H3. The van der Waals surface area contributed by atoms with Gasteiger partial charge in [-0.05, 0) is 12.8 Å². The van der Waals surface area contributed by atoms with Gasteiger partial charge in [0, 0.05) is 12.3 Å². The maximum Gasteiger partial charge on any atom is 0.100 e. The summed E-state index contributed by atoms with van der Waals surface area (Å²) in [6.45, 7) is 7.10. The minimum atomic E-state index is -1.39. The summed E-state index contributed by atoms with van der Waals surface area (Å²) in [5.74, 6) is 0. The molecule has 0 rings (SSSR count). The summed E-state index contributed by atoms with van der Waals surface area (Å²) < 4.78 is 5.20. The van der Waals surface area contributed by atoms with E-state index in [0.29, 0.717) is 6.61 Å². The molecule has 0 spiro atoms. The van der Waals surface area contributed by atoms with Crippen molar-refractivity contribution in [1.29, 1.82) is 0 Å². The van der Waals surface area contributed by atoms with Crippen LogP contribution in [0.3, 0.4) is 0 Å². The van der Waals surface area contributed by atoms with E-state index in [1.54, 1.807) is 0 Å². The molecule has 0 saturated heterocycles. The van der Waals surface area contributed by atoms with Gasteiger partial charge in [-0.3, -0.25) is 0 Å². The Labute approximate surface area is 106 Å². The van der Waals surface area contributed by atoms with Gasteiger partial charge in [-0.25, -0.2) is 0 Å².